The highest BCUT2D eigenvalue weighted by Gasteiger charge is 2.33. The third-order valence-electron chi connectivity index (χ3n) is 3.37. The Hall–Kier alpha value is -0.610. The number of ether oxygens (including phenoxy) is 1. The van der Waals surface area contributed by atoms with Crippen LogP contribution in [0, 0.1) is 0 Å². The zero-order valence-electron chi connectivity index (χ0n) is 11.1. The predicted octanol–water partition coefficient (Wildman–Crippen LogP) is 1.57. The molecule has 4 heteroatoms. The maximum atomic E-state index is 11.8. The summed E-state index contributed by atoms with van der Waals surface area (Å²) in [6.07, 6.45) is 5.06. The fraction of sp³-hybridized carbons (Fsp3) is 0.923. The second-order valence-electron chi connectivity index (χ2n) is 4.98. The van der Waals surface area contributed by atoms with Crippen molar-refractivity contribution < 1.29 is 14.6 Å². The van der Waals surface area contributed by atoms with E-state index >= 15 is 0 Å². The summed E-state index contributed by atoms with van der Waals surface area (Å²) in [5.74, 6) is 0.102. The molecule has 0 spiro atoms. The first-order valence-electron chi connectivity index (χ1n) is 6.61. The van der Waals surface area contributed by atoms with E-state index in [-0.39, 0.29) is 5.91 Å². The fourth-order valence-electron chi connectivity index (χ4n) is 2.38. The van der Waals surface area contributed by atoms with Crippen LogP contribution in [0.25, 0.3) is 0 Å². The summed E-state index contributed by atoms with van der Waals surface area (Å²) in [5.41, 5.74) is -0.635. The maximum Gasteiger partial charge on any atom is 0.222 e. The van der Waals surface area contributed by atoms with Crippen LogP contribution in [0.3, 0.4) is 0 Å². The van der Waals surface area contributed by atoms with Gasteiger partial charge in [0.15, 0.2) is 0 Å². The van der Waals surface area contributed by atoms with Gasteiger partial charge in [0.25, 0.3) is 0 Å². The van der Waals surface area contributed by atoms with Crippen molar-refractivity contribution in [2.24, 2.45) is 0 Å². The Kier molecular flexibility index (Phi) is 5.92. The molecule has 1 rings (SSSR count). The Balaban J connectivity index is 2.22. The van der Waals surface area contributed by atoms with E-state index in [2.05, 4.69) is 0 Å². The van der Waals surface area contributed by atoms with Gasteiger partial charge in [0, 0.05) is 33.2 Å². The van der Waals surface area contributed by atoms with Crippen LogP contribution in [-0.4, -0.2) is 48.3 Å². The fourth-order valence-corrected chi connectivity index (χ4v) is 2.38. The van der Waals surface area contributed by atoms with Crippen LogP contribution in [0.4, 0.5) is 0 Å². The first kappa shape index (κ1) is 14.5. The standard InChI is InChI=1S/C13H25NO3/c1-3-17-10-6-7-12(15)14(2)11-13(16)8-4-5-9-13/h16H,3-11H2,1-2H3. The molecule has 0 aliphatic heterocycles. The second kappa shape index (κ2) is 6.97. The van der Waals surface area contributed by atoms with Crippen LogP contribution in [0.5, 0.6) is 0 Å². The molecule has 4 nitrogen and oxygen atoms in total. The number of likely N-dealkylation sites (N-methyl/N-ethyl adjacent to an activating group) is 1. The van der Waals surface area contributed by atoms with E-state index in [4.69, 9.17) is 4.74 Å². The highest BCUT2D eigenvalue weighted by molar-refractivity contribution is 5.75. The zero-order chi connectivity index (χ0) is 12.7. The second-order valence-corrected chi connectivity index (χ2v) is 4.98. The van der Waals surface area contributed by atoms with Gasteiger partial charge in [-0.05, 0) is 26.2 Å². The van der Waals surface area contributed by atoms with Gasteiger partial charge in [-0.25, -0.2) is 0 Å². The normalized spacial score (nSPS) is 18.3. The minimum absolute atomic E-state index is 0.102. The number of amides is 1. The van der Waals surface area contributed by atoms with Crippen LogP contribution in [0.15, 0.2) is 0 Å². The van der Waals surface area contributed by atoms with Crippen molar-refractivity contribution >= 4 is 5.91 Å². The molecule has 100 valence electrons. The lowest BCUT2D eigenvalue weighted by molar-refractivity contribution is -0.133. The van der Waals surface area contributed by atoms with Gasteiger partial charge in [-0.2, -0.15) is 0 Å². The first-order valence-corrected chi connectivity index (χ1v) is 6.61. The van der Waals surface area contributed by atoms with Crippen LogP contribution in [-0.2, 0) is 9.53 Å². The van der Waals surface area contributed by atoms with Crippen molar-refractivity contribution in [2.45, 2.75) is 51.0 Å². The first-order chi connectivity index (χ1) is 8.07. The molecule has 0 heterocycles. The van der Waals surface area contributed by atoms with Gasteiger partial charge in [-0.1, -0.05) is 12.8 Å². The molecule has 0 bridgehead atoms. The quantitative estimate of drug-likeness (QED) is 0.690. The predicted molar refractivity (Wildman–Crippen MR) is 66.8 cm³/mol. The lowest BCUT2D eigenvalue weighted by Gasteiger charge is -2.28. The topological polar surface area (TPSA) is 49.8 Å². The van der Waals surface area contributed by atoms with Gasteiger partial charge in [0.05, 0.1) is 5.60 Å². The Labute approximate surface area is 104 Å². The van der Waals surface area contributed by atoms with E-state index in [1.807, 2.05) is 6.92 Å². The molecule has 0 aromatic heterocycles. The third kappa shape index (κ3) is 5.04. The number of aliphatic hydroxyl groups is 1. The van der Waals surface area contributed by atoms with Crippen molar-refractivity contribution in [3.63, 3.8) is 0 Å². The van der Waals surface area contributed by atoms with E-state index in [0.717, 1.165) is 32.1 Å². The highest BCUT2D eigenvalue weighted by Crippen LogP contribution is 2.29. The molecule has 1 fully saturated rings. The molecule has 0 saturated heterocycles. The molecule has 1 amide bonds. The molecule has 0 aromatic carbocycles. The maximum absolute atomic E-state index is 11.8. The van der Waals surface area contributed by atoms with Crippen molar-refractivity contribution in [3.05, 3.63) is 0 Å². The van der Waals surface area contributed by atoms with Gasteiger partial charge in [-0.3, -0.25) is 4.79 Å². The number of rotatable bonds is 7. The highest BCUT2D eigenvalue weighted by atomic mass is 16.5. The Morgan fingerprint density at radius 1 is 1.41 bits per heavy atom. The monoisotopic (exact) mass is 243 g/mol. The minimum Gasteiger partial charge on any atom is -0.388 e. The van der Waals surface area contributed by atoms with Gasteiger partial charge < -0.3 is 14.7 Å². The van der Waals surface area contributed by atoms with Crippen LogP contribution in [0.1, 0.15) is 45.4 Å². The van der Waals surface area contributed by atoms with E-state index in [1.165, 1.54) is 0 Å². The summed E-state index contributed by atoms with van der Waals surface area (Å²) in [6.45, 7) is 3.76. The Morgan fingerprint density at radius 3 is 2.65 bits per heavy atom. The summed E-state index contributed by atoms with van der Waals surface area (Å²) in [6, 6.07) is 0. The molecule has 0 atom stereocenters. The van der Waals surface area contributed by atoms with E-state index in [0.29, 0.717) is 26.2 Å². The van der Waals surface area contributed by atoms with Crippen molar-refractivity contribution in [1.82, 2.24) is 4.90 Å². The van der Waals surface area contributed by atoms with Crippen molar-refractivity contribution in [2.75, 3.05) is 26.8 Å². The van der Waals surface area contributed by atoms with Crippen LogP contribution >= 0.6 is 0 Å². The molecular formula is C13H25NO3. The van der Waals surface area contributed by atoms with Gasteiger partial charge >= 0.3 is 0 Å². The summed E-state index contributed by atoms with van der Waals surface area (Å²) < 4.78 is 5.20. The molecule has 1 N–H and O–H groups in total. The van der Waals surface area contributed by atoms with Crippen molar-refractivity contribution in [3.8, 4) is 0 Å². The number of carbonyl (C=O) groups is 1. The number of nitrogens with zero attached hydrogens (tertiary/aromatic N) is 1. The Morgan fingerprint density at radius 2 is 2.06 bits per heavy atom. The lowest BCUT2D eigenvalue weighted by atomic mass is 10.0. The third-order valence-corrected chi connectivity index (χ3v) is 3.37. The minimum atomic E-state index is -0.635. The molecule has 1 aliphatic rings. The SMILES string of the molecule is CCOCCCC(=O)N(C)CC1(O)CCCC1. The lowest BCUT2D eigenvalue weighted by Crippen LogP contribution is -2.42. The summed E-state index contributed by atoms with van der Waals surface area (Å²) in [7, 11) is 1.78. The molecule has 1 aliphatic carbocycles. The van der Waals surface area contributed by atoms with E-state index < -0.39 is 5.60 Å². The molecule has 1 saturated carbocycles. The summed E-state index contributed by atoms with van der Waals surface area (Å²) in [4.78, 5) is 13.5. The molecular weight excluding hydrogens is 218 g/mol. The van der Waals surface area contributed by atoms with Crippen molar-refractivity contribution in [1.29, 1.82) is 0 Å². The molecule has 17 heavy (non-hydrogen) atoms. The number of carbonyl (C=O) groups excluding carboxylic acids is 1. The molecule has 0 radical (unpaired) electrons. The average molecular weight is 243 g/mol. The van der Waals surface area contributed by atoms with Crippen LogP contribution < -0.4 is 0 Å². The summed E-state index contributed by atoms with van der Waals surface area (Å²) in [5, 5.41) is 10.2. The number of hydrogen-bond donors (Lipinski definition) is 1. The van der Waals surface area contributed by atoms with Gasteiger partial charge in [-0.15, -0.1) is 0 Å². The zero-order valence-corrected chi connectivity index (χ0v) is 11.1. The van der Waals surface area contributed by atoms with E-state index in [1.54, 1.807) is 11.9 Å². The van der Waals surface area contributed by atoms with E-state index in [9.17, 15) is 9.90 Å². The van der Waals surface area contributed by atoms with Gasteiger partial charge in [0.2, 0.25) is 5.91 Å². The Bertz CT molecular complexity index is 237. The van der Waals surface area contributed by atoms with Crippen LogP contribution in [0.2, 0.25) is 0 Å². The molecule has 0 aromatic rings. The van der Waals surface area contributed by atoms with Gasteiger partial charge in [0.1, 0.15) is 0 Å². The summed E-state index contributed by atoms with van der Waals surface area (Å²) >= 11 is 0. The average Bonchev–Trinajstić information content (AvgIpc) is 2.70. The number of hydrogen-bond acceptors (Lipinski definition) is 3. The molecule has 0 unspecified atom stereocenters. The largest absolute Gasteiger partial charge is 0.388 e. The smallest absolute Gasteiger partial charge is 0.222 e.